The second kappa shape index (κ2) is 6.01. The van der Waals surface area contributed by atoms with E-state index in [2.05, 4.69) is 15.6 Å². The summed E-state index contributed by atoms with van der Waals surface area (Å²) in [4.78, 5) is 11.5. The topological polar surface area (TPSA) is 89.3 Å². The molecular weight excluding hydrogens is 272 g/mol. The Hall–Kier alpha value is -1.63. The zero-order valence-electron chi connectivity index (χ0n) is 13.0. The number of nitrogens with zero attached hydrogens (tertiary/aromatic N) is 3. The molecule has 0 saturated heterocycles. The third kappa shape index (κ3) is 4.42. The van der Waals surface area contributed by atoms with Crippen molar-refractivity contribution in [3.05, 3.63) is 11.9 Å². The second-order valence-corrected chi connectivity index (χ2v) is 6.67. The summed E-state index contributed by atoms with van der Waals surface area (Å²) in [6, 6.07) is 0.301. The Morgan fingerprint density at radius 1 is 1.57 bits per heavy atom. The average Bonchev–Trinajstić information content (AvgIpc) is 2.73. The summed E-state index contributed by atoms with van der Waals surface area (Å²) in [6.45, 7) is 7.81. The van der Waals surface area contributed by atoms with Crippen LogP contribution in [-0.4, -0.2) is 38.3 Å². The maximum atomic E-state index is 11.5. The normalized spacial score (nSPS) is 23.3. The van der Waals surface area contributed by atoms with E-state index in [0.29, 0.717) is 24.2 Å². The Bertz CT molecular complexity index is 487. The van der Waals surface area contributed by atoms with Gasteiger partial charge < -0.3 is 15.2 Å². The highest BCUT2D eigenvalue weighted by Crippen LogP contribution is 2.36. The minimum Gasteiger partial charge on any atom is -0.444 e. The van der Waals surface area contributed by atoms with Gasteiger partial charge in [-0.1, -0.05) is 5.21 Å². The van der Waals surface area contributed by atoms with E-state index < -0.39 is 11.7 Å². The van der Waals surface area contributed by atoms with Crippen molar-refractivity contribution in [3.63, 3.8) is 0 Å². The van der Waals surface area contributed by atoms with Gasteiger partial charge in [-0.15, -0.1) is 5.10 Å². The van der Waals surface area contributed by atoms with Gasteiger partial charge in [0.2, 0.25) is 0 Å². The van der Waals surface area contributed by atoms with Crippen LogP contribution in [0.4, 0.5) is 4.79 Å². The molecule has 1 aromatic heterocycles. The molecule has 2 rings (SSSR count). The summed E-state index contributed by atoms with van der Waals surface area (Å²) in [5.74, 6) is 0.432. The number of aliphatic hydroxyl groups is 1. The van der Waals surface area contributed by atoms with Gasteiger partial charge in [0.25, 0.3) is 0 Å². The lowest BCUT2D eigenvalue weighted by molar-refractivity contribution is 0.0497. The predicted octanol–water partition coefficient (Wildman–Crippen LogP) is 1.81. The molecule has 0 bridgehead atoms. The number of amides is 1. The highest BCUT2D eigenvalue weighted by atomic mass is 16.6. The molecule has 1 aromatic rings. The number of hydrogen-bond acceptors (Lipinski definition) is 5. The van der Waals surface area contributed by atoms with Gasteiger partial charge in [0, 0.05) is 6.54 Å². The summed E-state index contributed by atoms with van der Waals surface area (Å²) in [7, 11) is 0. The maximum Gasteiger partial charge on any atom is 0.407 e. The van der Waals surface area contributed by atoms with Crippen molar-refractivity contribution < 1.29 is 14.6 Å². The van der Waals surface area contributed by atoms with E-state index in [9.17, 15) is 9.90 Å². The zero-order chi connectivity index (χ0) is 15.6. The van der Waals surface area contributed by atoms with Crippen LogP contribution in [0, 0.1) is 5.92 Å². The van der Waals surface area contributed by atoms with Gasteiger partial charge >= 0.3 is 6.09 Å². The van der Waals surface area contributed by atoms with Gasteiger partial charge in [-0.05, 0) is 46.5 Å². The van der Waals surface area contributed by atoms with E-state index in [4.69, 9.17) is 4.74 Å². The minimum absolute atomic E-state index is 0.301. The van der Waals surface area contributed by atoms with Crippen LogP contribution in [0.15, 0.2) is 6.20 Å². The van der Waals surface area contributed by atoms with Gasteiger partial charge in [-0.2, -0.15) is 0 Å². The standard InChI is InChI=1S/C14H24N4O3/c1-9(19)12-8-18(17-16-12)11-5-10(6-11)7-15-13(20)21-14(2,3)4/h8-11,19H,5-7H2,1-4H3,(H,15,20). The number of carbonyl (C=O) groups excluding carboxylic acids is 1. The molecule has 118 valence electrons. The van der Waals surface area contributed by atoms with Crippen LogP contribution in [-0.2, 0) is 4.74 Å². The first kappa shape index (κ1) is 15.8. The van der Waals surface area contributed by atoms with Crippen LogP contribution in [0.5, 0.6) is 0 Å². The average molecular weight is 296 g/mol. The van der Waals surface area contributed by atoms with Crippen LogP contribution < -0.4 is 5.32 Å². The molecule has 7 heteroatoms. The lowest BCUT2D eigenvalue weighted by Crippen LogP contribution is -2.39. The summed E-state index contributed by atoms with van der Waals surface area (Å²) in [5.41, 5.74) is 0.120. The Morgan fingerprint density at radius 3 is 2.76 bits per heavy atom. The van der Waals surface area contributed by atoms with E-state index in [-0.39, 0.29) is 6.09 Å². The summed E-state index contributed by atoms with van der Waals surface area (Å²) >= 11 is 0. The molecule has 21 heavy (non-hydrogen) atoms. The Labute approximate surface area is 124 Å². The zero-order valence-corrected chi connectivity index (χ0v) is 13.0. The number of ether oxygens (including phenoxy) is 1. The molecule has 2 N–H and O–H groups in total. The van der Waals surface area contributed by atoms with Crippen LogP contribution in [0.2, 0.25) is 0 Å². The summed E-state index contributed by atoms with van der Waals surface area (Å²) < 4.78 is 6.99. The van der Waals surface area contributed by atoms with Crippen molar-refractivity contribution in [2.75, 3.05) is 6.54 Å². The molecule has 7 nitrogen and oxygen atoms in total. The molecule has 1 saturated carbocycles. The van der Waals surface area contributed by atoms with Crippen LogP contribution in [0.25, 0.3) is 0 Å². The quantitative estimate of drug-likeness (QED) is 0.884. The summed E-state index contributed by atoms with van der Waals surface area (Å²) in [6.07, 6.45) is 2.70. The first-order valence-electron chi connectivity index (χ1n) is 7.31. The van der Waals surface area contributed by atoms with E-state index >= 15 is 0 Å². The number of alkyl carbamates (subject to hydrolysis) is 1. The highest BCUT2D eigenvalue weighted by molar-refractivity contribution is 5.67. The molecule has 0 aliphatic heterocycles. The van der Waals surface area contributed by atoms with Gasteiger partial charge in [0.05, 0.1) is 18.3 Å². The Kier molecular flexibility index (Phi) is 4.51. The molecule has 0 spiro atoms. The molecule has 0 aromatic carbocycles. The van der Waals surface area contributed by atoms with Gasteiger partial charge in [-0.3, -0.25) is 0 Å². The Balaban J connectivity index is 1.70. The third-order valence-corrected chi connectivity index (χ3v) is 3.47. The lowest BCUT2D eigenvalue weighted by atomic mass is 9.80. The largest absolute Gasteiger partial charge is 0.444 e. The number of hydrogen-bond donors (Lipinski definition) is 2. The predicted molar refractivity (Wildman–Crippen MR) is 76.7 cm³/mol. The van der Waals surface area contributed by atoms with Gasteiger partial charge in [0.1, 0.15) is 11.3 Å². The first-order chi connectivity index (χ1) is 9.74. The van der Waals surface area contributed by atoms with Gasteiger partial charge in [-0.25, -0.2) is 9.48 Å². The molecule has 1 unspecified atom stereocenters. The monoisotopic (exact) mass is 296 g/mol. The van der Waals surface area contributed by atoms with Crippen LogP contribution in [0.1, 0.15) is 58.4 Å². The van der Waals surface area contributed by atoms with Crippen LogP contribution in [0.3, 0.4) is 0 Å². The molecule has 1 amide bonds. The van der Waals surface area contributed by atoms with Crippen molar-refractivity contribution >= 4 is 6.09 Å². The number of rotatable bonds is 4. The third-order valence-electron chi connectivity index (χ3n) is 3.47. The minimum atomic E-state index is -0.594. The fourth-order valence-corrected chi connectivity index (χ4v) is 2.29. The number of aromatic nitrogens is 3. The van der Waals surface area contributed by atoms with Crippen molar-refractivity contribution in [1.82, 2.24) is 20.3 Å². The van der Waals surface area contributed by atoms with Crippen LogP contribution >= 0.6 is 0 Å². The van der Waals surface area contributed by atoms with E-state index in [1.54, 1.807) is 17.8 Å². The fraction of sp³-hybridized carbons (Fsp3) is 0.786. The van der Waals surface area contributed by atoms with E-state index in [0.717, 1.165) is 12.8 Å². The van der Waals surface area contributed by atoms with Crippen molar-refractivity contribution in [1.29, 1.82) is 0 Å². The highest BCUT2D eigenvalue weighted by Gasteiger charge is 2.32. The molecular formula is C14H24N4O3. The first-order valence-corrected chi connectivity index (χ1v) is 7.31. The van der Waals surface area contributed by atoms with Crippen molar-refractivity contribution in [2.45, 2.75) is 58.3 Å². The lowest BCUT2D eigenvalue weighted by Gasteiger charge is -2.35. The molecule has 1 fully saturated rings. The molecule has 1 heterocycles. The molecule has 0 radical (unpaired) electrons. The summed E-state index contributed by atoms with van der Waals surface area (Å²) in [5, 5.41) is 20.2. The van der Waals surface area contributed by atoms with Crippen molar-refractivity contribution in [3.8, 4) is 0 Å². The fourth-order valence-electron chi connectivity index (χ4n) is 2.29. The number of carbonyl (C=O) groups is 1. The number of nitrogens with one attached hydrogen (secondary N) is 1. The van der Waals surface area contributed by atoms with E-state index in [1.807, 2.05) is 20.8 Å². The smallest absolute Gasteiger partial charge is 0.407 e. The van der Waals surface area contributed by atoms with E-state index in [1.165, 1.54) is 0 Å². The molecule has 1 aliphatic rings. The number of aliphatic hydroxyl groups excluding tert-OH is 1. The molecule has 1 aliphatic carbocycles. The second-order valence-electron chi connectivity index (χ2n) is 6.67. The van der Waals surface area contributed by atoms with Crippen molar-refractivity contribution in [2.24, 2.45) is 5.92 Å². The molecule has 1 atom stereocenters. The maximum absolute atomic E-state index is 11.5. The van der Waals surface area contributed by atoms with Gasteiger partial charge in [0.15, 0.2) is 0 Å². The Morgan fingerprint density at radius 2 is 2.24 bits per heavy atom. The SMILES string of the molecule is CC(O)c1cn(C2CC(CNC(=O)OC(C)(C)C)C2)nn1.